The van der Waals surface area contributed by atoms with E-state index in [1.54, 1.807) is 18.2 Å². The number of hydrogen-bond donors (Lipinski definition) is 1. The van der Waals surface area contributed by atoms with Crippen LogP contribution >= 0.6 is 11.6 Å². The molecule has 78 valence electrons. The average molecular weight is 214 g/mol. The molecule has 0 aromatic heterocycles. The molecule has 0 spiro atoms. The number of hydrogen-bond acceptors (Lipinski definition) is 2. The molecule has 0 saturated heterocycles. The Morgan fingerprint density at radius 3 is 2.50 bits per heavy atom. The second-order valence-electron chi connectivity index (χ2n) is 4.53. The molecular weight excluding hydrogens is 198 g/mol. The molecule has 0 bridgehead atoms. The molecular formula is C11H16ClNO. The molecule has 1 aromatic carbocycles. The number of anilines is 1. The van der Waals surface area contributed by atoms with E-state index in [2.05, 4.69) is 20.8 Å². The van der Waals surface area contributed by atoms with Gasteiger partial charge in [-0.25, -0.2) is 0 Å². The topological polar surface area (TPSA) is 35.2 Å². The molecule has 2 nitrogen and oxygen atoms in total. The van der Waals surface area contributed by atoms with Crippen LogP contribution in [0.3, 0.4) is 0 Å². The van der Waals surface area contributed by atoms with Gasteiger partial charge in [0, 0.05) is 5.02 Å². The molecule has 0 atom stereocenters. The minimum Gasteiger partial charge on any atom is -0.491 e. The zero-order chi connectivity index (χ0) is 10.8. The summed E-state index contributed by atoms with van der Waals surface area (Å²) in [5.41, 5.74) is 6.46. The fraction of sp³-hybridized carbons (Fsp3) is 0.455. The van der Waals surface area contributed by atoms with Crippen LogP contribution in [0.4, 0.5) is 5.69 Å². The Kier molecular flexibility index (Phi) is 3.27. The summed E-state index contributed by atoms with van der Waals surface area (Å²) in [6, 6.07) is 5.26. The van der Waals surface area contributed by atoms with Crippen LogP contribution in [0.1, 0.15) is 20.8 Å². The molecule has 1 rings (SSSR count). The number of benzene rings is 1. The monoisotopic (exact) mass is 213 g/mol. The summed E-state index contributed by atoms with van der Waals surface area (Å²) in [6.07, 6.45) is 0. The van der Waals surface area contributed by atoms with Gasteiger partial charge in [-0.05, 0) is 23.6 Å². The first-order valence-corrected chi connectivity index (χ1v) is 4.94. The molecule has 14 heavy (non-hydrogen) atoms. The smallest absolute Gasteiger partial charge is 0.142 e. The van der Waals surface area contributed by atoms with E-state index in [4.69, 9.17) is 22.1 Å². The molecule has 0 heterocycles. The number of nitrogen functional groups attached to an aromatic ring is 1. The largest absolute Gasteiger partial charge is 0.491 e. The minimum atomic E-state index is 0.131. The fourth-order valence-corrected chi connectivity index (χ4v) is 1.13. The lowest BCUT2D eigenvalue weighted by atomic mass is 9.99. The van der Waals surface area contributed by atoms with Gasteiger partial charge in [0.1, 0.15) is 5.75 Å². The number of ether oxygens (including phenoxy) is 1. The second kappa shape index (κ2) is 4.09. The van der Waals surface area contributed by atoms with Crippen LogP contribution in [0, 0.1) is 5.41 Å². The summed E-state index contributed by atoms with van der Waals surface area (Å²) in [6.45, 7) is 6.97. The first kappa shape index (κ1) is 11.2. The second-order valence-corrected chi connectivity index (χ2v) is 4.97. The van der Waals surface area contributed by atoms with Gasteiger partial charge in [0.15, 0.2) is 0 Å². The number of nitrogens with two attached hydrogens (primary N) is 1. The van der Waals surface area contributed by atoms with Crippen molar-refractivity contribution in [1.82, 2.24) is 0 Å². The maximum atomic E-state index is 5.77. The van der Waals surface area contributed by atoms with Crippen LogP contribution in [0.2, 0.25) is 5.02 Å². The van der Waals surface area contributed by atoms with Gasteiger partial charge in [0.05, 0.1) is 12.3 Å². The zero-order valence-corrected chi connectivity index (χ0v) is 9.56. The van der Waals surface area contributed by atoms with E-state index in [1.165, 1.54) is 0 Å². The Hall–Kier alpha value is -0.890. The van der Waals surface area contributed by atoms with Crippen molar-refractivity contribution in [2.45, 2.75) is 20.8 Å². The van der Waals surface area contributed by atoms with Crippen LogP contribution in [0.5, 0.6) is 5.75 Å². The Morgan fingerprint density at radius 2 is 2.00 bits per heavy atom. The normalized spacial score (nSPS) is 11.4. The van der Waals surface area contributed by atoms with Crippen molar-refractivity contribution in [2.24, 2.45) is 5.41 Å². The predicted octanol–water partition coefficient (Wildman–Crippen LogP) is 3.35. The predicted molar refractivity (Wildman–Crippen MR) is 60.8 cm³/mol. The molecule has 2 N–H and O–H groups in total. The van der Waals surface area contributed by atoms with Gasteiger partial charge in [0.25, 0.3) is 0 Å². The van der Waals surface area contributed by atoms with E-state index in [0.29, 0.717) is 23.1 Å². The van der Waals surface area contributed by atoms with Gasteiger partial charge < -0.3 is 10.5 Å². The SMILES string of the molecule is CC(C)(C)COc1ccc(Cl)cc1N. The third kappa shape index (κ3) is 3.46. The highest BCUT2D eigenvalue weighted by Gasteiger charge is 2.12. The van der Waals surface area contributed by atoms with Crippen molar-refractivity contribution in [1.29, 1.82) is 0 Å². The van der Waals surface area contributed by atoms with E-state index in [0.717, 1.165) is 0 Å². The average Bonchev–Trinajstić information content (AvgIpc) is 2.00. The Bertz CT molecular complexity index is 318. The van der Waals surface area contributed by atoms with Gasteiger partial charge >= 0.3 is 0 Å². The van der Waals surface area contributed by atoms with Gasteiger partial charge in [-0.1, -0.05) is 32.4 Å². The molecule has 0 aliphatic heterocycles. The standard InChI is InChI=1S/C11H16ClNO/c1-11(2,3)7-14-10-5-4-8(12)6-9(10)13/h4-6H,7,13H2,1-3H3. The summed E-state index contributed by atoms with van der Waals surface area (Å²) in [5, 5.41) is 0.630. The summed E-state index contributed by atoms with van der Waals surface area (Å²) >= 11 is 5.77. The van der Waals surface area contributed by atoms with E-state index in [-0.39, 0.29) is 5.41 Å². The Labute approximate surface area is 90.0 Å². The third-order valence-electron chi connectivity index (χ3n) is 1.63. The van der Waals surface area contributed by atoms with Crippen LogP contribution in [-0.2, 0) is 0 Å². The van der Waals surface area contributed by atoms with Crippen molar-refractivity contribution in [3.8, 4) is 5.75 Å². The molecule has 0 radical (unpaired) electrons. The molecule has 0 aliphatic carbocycles. The van der Waals surface area contributed by atoms with Crippen LogP contribution in [-0.4, -0.2) is 6.61 Å². The lowest BCUT2D eigenvalue weighted by Gasteiger charge is -2.19. The lowest BCUT2D eigenvalue weighted by Crippen LogP contribution is -2.17. The van der Waals surface area contributed by atoms with Crippen molar-refractivity contribution in [3.63, 3.8) is 0 Å². The lowest BCUT2D eigenvalue weighted by molar-refractivity contribution is 0.199. The van der Waals surface area contributed by atoms with E-state index in [9.17, 15) is 0 Å². The van der Waals surface area contributed by atoms with Crippen LogP contribution < -0.4 is 10.5 Å². The van der Waals surface area contributed by atoms with Crippen molar-refractivity contribution in [2.75, 3.05) is 12.3 Å². The fourth-order valence-electron chi connectivity index (χ4n) is 0.945. The van der Waals surface area contributed by atoms with Gasteiger partial charge in [0.2, 0.25) is 0 Å². The van der Waals surface area contributed by atoms with Crippen molar-refractivity contribution < 1.29 is 4.74 Å². The molecule has 0 fully saturated rings. The van der Waals surface area contributed by atoms with Crippen molar-refractivity contribution >= 4 is 17.3 Å². The molecule has 0 aliphatic rings. The zero-order valence-electron chi connectivity index (χ0n) is 8.80. The quantitative estimate of drug-likeness (QED) is 0.765. The summed E-state index contributed by atoms with van der Waals surface area (Å²) in [5.74, 6) is 0.698. The van der Waals surface area contributed by atoms with Crippen LogP contribution in [0.15, 0.2) is 18.2 Å². The van der Waals surface area contributed by atoms with E-state index in [1.807, 2.05) is 0 Å². The van der Waals surface area contributed by atoms with E-state index >= 15 is 0 Å². The first-order valence-electron chi connectivity index (χ1n) is 4.56. The van der Waals surface area contributed by atoms with Gasteiger partial charge in [-0.2, -0.15) is 0 Å². The van der Waals surface area contributed by atoms with Crippen molar-refractivity contribution in [3.05, 3.63) is 23.2 Å². The van der Waals surface area contributed by atoms with Gasteiger partial charge in [-0.3, -0.25) is 0 Å². The maximum Gasteiger partial charge on any atom is 0.142 e. The highest BCUT2D eigenvalue weighted by molar-refractivity contribution is 6.30. The van der Waals surface area contributed by atoms with E-state index < -0.39 is 0 Å². The Balaban J connectivity index is 2.68. The molecule has 0 amide bonds. The number of halogens is 1. The molecule has 1 aromatic rings. The maximum absolute atomic E-state index is 5.77. The molecule has 0 unspecified atom stereocenters. The highest BCUT2D eigenvalue weighted by atomic mass is 35.5. The first-order chi connectivity index (χ1) is 6.38. The third-order valence-corrected chi connectivity index (χ3v) is 1.87. The number of rotatable bonds is 2. The molecule has 3 heteroatoms. The molecule has 0 saturated carbocycles. The van der Waals surface area contributed by atoms with Gasteiger partial charge in [-0.15, -0.1) is 0 Å². The minimum absolute atomic E-state index is 0.131. The highest BCUT2D eigenvalue weighted by Crippen LogP contribution is 2.26. The summed E-state index contributed by atoms with van der Waals surface area (Å²) in [7, 11) is 0. The van der Waals surface area contributed by atoms with Crippen LogP contribution in [0.25, 0.3) is 0 Å². The Morgan fingerprint density at radius 1 is 1.36 bits per heavy atom. The summed E-state index contributed by atoms with van der Waals surface area (Å²) < 4.78 is 5.57. The summed E-state index contributed by atoms with van der Waals surface area (Å²) in [4.78, 5) is 0.